The van der Waals surface area contributed by atoms with E-state index in [0.717, 1.165) is 12.1 Å². The van der Waals surface area contributed by atoms with Gasteiger partial charge < -0.3 is 10.2 Å². The maximum absolute atomic E-state index is 14.3. The Morgan fingerprint density at radius 2 is 2.00 bits per heavy atom. The first-order valence-electron chi connectivity index (χ1n) is 10.4. The molecule has 0 spiro atoms. The molecule has 0 fully saturated rings. The smallest absolute Gasteiger partial charge is 0.272 e. The number of halogens is 1. The Labute approximate surface area is 184 Å². The van der Waals surface area contributed by atoms with Gasteiger partial charge in [-0.1, -0.05) is 24.3 Å². The Morgan fingerprint density at radius 3 is 2.69 bits per heavy atom. The van der Waals surface area contributed by atoms with Crippen molar-refractivity contribution in [2.24, 2.45) is 7.05 Å². The molecule has 8 nitrogen and oxygen atoms in total. The van der Waals surface area contributed by atoms with E-state index in [2.05, 4.69) is 54.8 Å². The molecule has 0 bridgehead atoms. The zero-order valence-corrected chi connectivity index (χ0v) is 18.1. The van der Waals surface area contributed by atoms with Gasteiger partial charge in [0.25, 0.3) is 5.56 Å². The van der Waals surface area contributed by atoms with Gasteiger partial charge in [-0.25, -0.2) is 14.5 Å². The van der Waals surface area contributed by atoms with E-state index in [1.807, 2.05) is 21.1 Å². The normalized spacial score (nSPS) is 18.3. The van der Waals surface area contributed by atoms with Crippen molar-refractivity contribution in [2.75, 3.05) is 14.1 Å². The van der Waals surface area contributed by atoms with Crippen LogP contribution in [0.15, 0.2) is 47.5 Å². The highest BCUT2D eigenvalue weighted by atomic mass is 19.1. The maximum Gasteiger partial charge on any atom is 0.272 e. The Bertz CT molecular complexity index is 1340. The fraction of sp³-hybridized carbons (Fsp3) is 0.304. The first-order valence-corrected chi connectivity index (χ1v) is 10.4. The van der Waals surface area contributed by atoms with Gasteiger partial charge in [-0.3, -0.25) is 9.48 Å². The third kappa shape index (κ3) is 3.49. The van der Waals surface area contributed by atoms with Crippen molar-refractivity contribution < 1.29 is 4.39 Å². The van der Waals surface area contributed by atoms with Crippen LogP contribution in [0.2, 0.25) is 0 Å². The number of hydrogen-bond donors (Lipinski definition) is 2. The maximum atomic E-state index is 14.3. The van der Waals surface area contributed by atoms with Gasteiger partial charge in [-0.05, 0) is 42.9 Å². The van der Waals surface area contributed by atoms with Crippen LogP contribution in [0.4, 0.5) is 4.39 Å². The standard InChI is InChI=1S/C23H24FN7O/c1-30(2)11-13-4-6-14(7-5-13)20-19(22-26-12-27-31(22)3)21-18-15(10-25-20)8-16(24)9-17(18)23(32)29-28-21/h4-9,12,19-20,25H,10-11H2,1-3H3,(H,29,32). The molecule has 0 aliphatic carbocycles. The molecule has 5 rings (SSSR count). The highest BCUT2D eigenvalue weighted by molar-refractivity contribution is 5.88. The Kier molecular flexibility index (Phi) is 5.07. The van der Waals surface area contributed by atoms with Crippen molar-refractivity contribution in [1.29, 1.82) is 0 Å². The topological polar surface area (TPSA) is 91.7 Å². The number of rotatable bonds is 4. The molecule has 3 heterocycles. The summed E-state index contributed by atoms with van der Waals surface area (Å²) >= 11 is 0. The predicted molar refractivity (Wildman–Crippen MR) is 119 cm³/mol. The highest BCUT2D eigenvalue weighted by Crippen LogP contribution is 2.40. The minimum atomic E-state index is -0.446. The van der Waals surface area contributed by atoms with Crippen LogP contribution < -0.4 is 10.9 Å². The van der Waals surface area contributed by atoms with E-state index in [-0.39, 0.29) is 12.0 Å². The quantitative estimate of drug-likeness (QED) is 0.513. The summed E-state index contributed by atoms with van der Waals surface area (Å²) in [5.41, 5.74) is 3.20. The van der Waals surface area contributed by atoms with Gasteiger partial charge >= 0.3 is 0 Å². The lowest BCUT2D eigenvalue weighted by Crippen LogP contribution is -2.28. The van der Waals surface area contributed by atoms with Crippen LogP contribution in [0, 0.1) is 5.82 Å². The van der Waals surface area contributed by atoms with E-state index in [1.165, 1.54) is 24.0 Å². The van der Waals surface area contributed by atoms with Crippen LogP contribution in [0.3, 0.4) is 0 Å². The van der Waals surface area contributed by atoms with Crippen molar-refractivity contribution >= 4 is 10.8 Å². The summed E-state index contributed by atoms with van der Waals surface area (Å²) in [5.74, 6) is -0.0789. The summed E-state index contributed by atoms with van der Waals surface area (Å²) < 4.78 is 16.0. The first kappa shape index (κ1) is 20.5. The number of nitrogens with zero attached hydrogens (tertiary/aromatic N) is 5. The van der Waals surface area contributed by atoms with E-state index in [9.17, 15) is 9.18 Å². The van der Waals surface area contributed by atoms with Gasteiger partial charge in [0, 0.05) is 31.6 Å². The summed E-state index contributed by atoms with van der Waals surface area (Å²) in [7, 11) is 5.90. The fourth-order valence-electron chi connectivity index (χ4n) is 4.60. The number of aryl methyl sites for hydroxylation is 1. The molecule has 2 atom stereocenters. The van der Waals surface area contributed by atoms with Crippen LogP contribution in [-0.2, 0) is 20.1 Å². The lowest BCUT2D eigenvalue weighted by atomic mass is 9.87. The molecule has 2 aromatic carbocycles. The van der Waals surface area contributed by atoms with Gasteiger partial charge in [-0.2, -0.15) is 10.2 Å². The Morgan fingerprint density at radius 1 is 1.22 bits per heavy atom. The summed E-state index contributed by atoms with van der Waals surface area (Å²) in [6.07, 6.45) is 1.51. The molecule has 164 valence electrons. The molecule has 0 amide bonds. The molecule has 0 radical (unpaired) electrons. The lowest BCUT2D eigenvalue weighted by molar-refractivity contribution is 0.402. The molecule has 1 aliphatic rings. The molecule has 1 aliphatic heterocycles. The summed E-state index contributed by atoms with van der Waals surface area (Å²) in [6.45, 7) is 1.24. The van der Waals surface area contributed by atoms with Crippen LogP contribution >= 0.6 is 0 Å². The van der Waals surface area contributed by atoms with Crippen molar-refractivity contribution in [3.05, 3.63) is 87.1 Å². The molecule has 2 unspecified atom stereocenters. The first-order chi connectivity index (χ1) is 15.4. The molecule has 32 heavy (non-hydrogen) atoms. The number of benzene rings is 2. The molecule has 4 aromatic rings. The van der Waals surface area contributed by atoms with Gasteiger partial charge in [-0.15, -0.1) is 0 Å². The molecule has 9 heteroatoms. The van der Waals surface area contributed by atoms with Crippen LogP contribution in [0.1, 0.15) is 40.2 Å². The predicted octanol–water partition coefficient (Wildman–Crippen LogP) is 2.23. The highest BCUT2D eigenvalue weighted by Gasteiger charge is 2.35. The van der Waals surface area contributed by atoms with E-state index < -0.39 is 11.4 Å². The minimum Gasteiger partial charge on any atom is -0.305 e. The lowest BCUT2D eigenvalue weighted by Gasteiger charge is -2.26. The SMILES string of the molecule is CN(C)Cc1ccc(C2NCc3cc(F)cc4c(=O)[nH]nc(c34)C2c2ncnn2C)cc1. The second kappa shape index (κ2) is 7.92. The minimum absolute atomic E-state index is 0.205. The van der Waals surface area contributed by atoms with Gasteiger partial charge in [0.15, 0.2) is 0 Å². The largest absolute Gasteiger partial charge is 0.305 e. The number of aromatic amines is 1. The van der Waals surface area contributed by atoms with Crippen LogP contribution in [0.25, 0.3) is 10.8 Å². The second-order valence-corrected chi connectivity index (χ2v) is 8.48. The summed E-state index contributed by atoms with van der Waals surface area (Å²) in [4.78, 5) is 19.1. The average molecular weight is 433 g/mol. The summed E-state index contributed by atoms with van der Waals surface area (Å²) in [5, 5.41) is 15.8. The molecule has 0 saturated heterocycles. The molecular formula is C23H24FN7O. The molecule has 2 aromatic heterocycles. The third-order valence-electron chi connectivity index (χ3n) is 5.97. The van der Waals surface area contributed by atoms with Crippen LogP contribution in [-0.4, -0.2) is 44.0 Å². The van der Waals surface area contributed by atoms with Crippen LogP contribution in [0.5, 0.6) is 0 Å². The number of hydrogen-bond acceptors (Lipinski definition) is 6. The monoisotopic (exact) mass is 433 g/mol. The number of nitrogens with one attached hydrogen (secondary N) is 2. The number of H-pyrrole nitrogens is 1. The van der Waals surface area contributed by atoms with Gasteiger partial charge in [0.2, 0.25) is 0 Å². The van der Waals surface area contributed by atoms with E-state index >= 15 is 0 Å². The zero-order valence-electron chi connectivity index (χ0n) is 18.1. The van der Waals surface area contributed by atoms with Crippen molar-refractivity contribution in [3.8, 4) is 0 Å². The van der Waals surface area contributed by atoms with Gasteiger partial charge in [0.1, 0.15) is 18.0 Å². The number of aromatic nitrogens is 5. The van der Waals surface area contributed by atoms with E-state index in [1.54, 1.807) is 4.68 Å². The zero-order chi connectivity index (χ0) is 22.4. The van der Waals surface area contributed by atoms with Crippen molar-refractivity contribution in [1.82, 2.24) is 35.2 Å². The molecule has 0 saturated carbocycles. The third-order valence-corrected chi connectivity index (χ3v) is 5.97. The second-order valence-electron chi connectivity index (χ2n) is 8.48. The Balaban J connectivity index is 1.71. The average Bonchev–Trinajstić information content (AvgIpc) is 3.10. The molecule has 2 N–H and O–H groups in total. The Hall–Kier alpha value is -3.43. The van der Waals surface area contributed by atoms with Crippen molar-refractivity contribution in [3.63, 3.8) is 0 Å². The van der Waals surface area contributed by atoms with Crippen molar-refractivity contribution in [2.45, 2.75) is 25.0 Å². The van der Waals surface area contributed by atoms with E-state index in [4.69, 9.17) is 0 Å². The van der Waals surface area contributed by atoms with Gasteiger partial charge in [0.05, 0.1) is 17.0 Å². The van der Waals surface area contributed by atoms with E-state index in [0.29, 0.717) is 34.4 Å². The summed E-state index contributed by atoms with van der Waals surface area (Å²) in [6, 6.07) is 10.9. The molecular weight excluding hydrogens is 409 g/mol. The fourth-order valence-corrected chi connectivity index (χ4v) is 4.60.